The van der Waals surface area contributed by atoms with Crippen LogP contribution in [0.4, 0.5) is 0 Å². The molecule has 0 spiro atoms. The summed E-state index contributed by atoms with van der Waals surface area (Å²) in [5.41, 5.74) is 6.30. The monoisotopic (exact) mass is 357 g/mol. The molecule has 0 amide bonds. The molecule has 2 aromatic heterocycles. The first-order valence-corrected chi connectivity index (χ1v) is 9.56. The summed E-state index contributed by atoms with van der Waals surface area (Å²) in [5, 5.41) is 2.55. The quantitative estimate of drug-likeness (QED) is 0.475. The minimum Gasteiger partial charge on any atom is -0.164 e. The van der Waals surface area contributed by atoms with Gasteiger partial charge in [0.25, 0.3) is 0 Å². The molecule has 27 heavy (non-hydrogen) atoms. The summed E-state index contributed by atoms with van der Waals surface area (Å²) < 4.78 is 6.83. The van der Waals surface area contributed by atoms with Gasteiger partial charge in [-0.15, -0.1) is 4.68 Å². The molecule has 2 aromatic carbocycles. The molecule has 0 N–H and O–H groups in total. The van der Waals surface area contributed by atoms with Crippen molar-refractivity contribution in [1.82, 2.24) is 4.68 Å². The Balaban J connectivity index is 2.07. The van der Waals surface area contributed by atoms with Crippen LogP contribution in [0.15, 0.2) is 67.0 Å². The predicted octanol–water partition coefficient (Wildman–Crippen LogP) is 4.61. The van der Waals surface area contributed by atoms with E-state index in [0.29, 0.717) is 6.04 Å². The Morgan fingerprint density at radius 1 is 0.889 bits per heavy atom. The molecule has 3 nitrogen and oxygen atoms in total. The van der Waals surface area contributed by atoms with E-state index in [0.717, 1.165) is 0 Å². The molecule has 0 atom stereocenters. The summed E-state index contributed by atoms with van der Waals surface area (Å²) in [6.07, 6.45) is 4.34. The molecular formula is C24H27N3+2. The number of nitrogens with zero attached hydrogens (tertiary/aromatic N) is 3. The van der Waals surface area contributed by atoms with Gasteiger partial charge in [0.1, 0.15) is 5.69 Å². The summed E-state index contributed by atoms with van der Waals surface area (Å²) >= 11 is 0. The second-order valence-corrected chi connectivity index (χ2v) is 7.53. The van der Waals surface area contributed by atoms with Crippen molar-refractivity contribution < 1.29 is 9.25 Å². The zero-order valence-electron chi connectivity index (χ0n) is 16.8. The summed E-state index contributed by atoms with van der Waals surface area (Å²) in [7, 11) is 2.14. The van der Waals surface area contributed by atoms with Crippen LogP contribution in [0, 0.1) is 13.8 Å². The largest absolute Gasteiger partial charge is 0.222 e. The maximum absolute atomic E-state index is 2.33. The van der Waals surface area contributed by atoms with Gasteiger partial charge in [-0.25, -0.2) is 0 Å². The molecule has 0 aliphatic rings. The first-order chi connectivity index (χ1) is 13.0. The van der Waals surface area contributed by atoms with Crippen molar-refractivity contribution in [2.24, 2.45) is 7.05 Å². The smallest absolute Gasteiger partial charge is 0.164 e. The lowest BCUT2D eigenvalue weighted by Gasteiger charge is -2.12. The van der Waals surface area contributed by atoms with E-state index >= 15 is 0 Å². The van der Waals surface area contributed by atoms with E-state index in [9.17, 15) is 0 Å². The fourth-order valence-electron chi connectivity index (χ4n) is 4.05. The standard InChI is InChI=1S/C24H27N3/c1-17(2)27-15-13-23(25(27)5)22-16-20-11-6-7-12-21(20)24(19(22)4)26-14-9-8-10-18(26)3/h6-17H,1-5H3/q+2. The van der Waals surface area contributed by atoms with E-state index in [1.54, 1.807) is 0 Å². The normalized spacial score (nSPS) is 11.5. The van der Waals surface area contributed by atoms with E-state index in [4.69, 9.17) is 0 Å². The van der Waals surface area contributed by atoms with Crippen LogP contribution in [-0.4, -0.2) is 4.68 Å². The van der Waals surface area contributed by atoms with Crippen LogP contribution in [0.1, 0.15) is 31.1 Å². The van der Waals surface area contributed by atoms with Crippen molar-refractivity contribution >= 4 is 10.8 Å². The second-order valence-electron chi connectivity index (χ2n) is 7.53. The summed E-state index contributed by atoms with van der Waals surface area (Å²) in [6.45, 7) is 8.83. The third kappa shape index (κ3) is 2.84. The van der Waals surface area contributed by atoms with Gasteiger partial charge in [-0.1, -0.05) is 24.3 Å². The molecule has 0 radical (unpaired) electrons. The Morgan fingerprint density at radius 2 is 1.63 bits per heavy atom. The highest BCUT2D eigenvalue weighted by Gasteiger charge is 2.24. The van der Waals surface area contributed by atoms with E-state index in [1.807, 2.05) is 0 Å². The number of benzene rings is 2. The van der Waals surface area contributed by atoms with Gasteiger partial charge < -0.3 is 0 Å². The third-order valence-corrected chi connectivity index (χ3v) is 5.46. The van der Waals surface area contributed by atoms with Gasteiger partial charge in [-0.2, -0.15) is 9.25 Å². The van der Waals surface area contributed by atoms with Gasteiger partial charge in [0.15, 0.2) is 24.1 Å². The lowest BCUT2D eigenvalue weighted by atomic mass is 9.96. The Hall–Kier alpha value is -2.94. The molecule has 0 bridgehead atoms. The third-order valence-electron chi connectivity index (χ3n) is 5.46. The van der Waals surface area contributed by atoms with Crippen LogP contribution in [0.5, 0.6) is 0 Å². The van der Waals surface area contributed by atoms with Crippen molar-refractivity contribution in [2.75, 3.05) is 0 Å². The lowest BCUT2D eigenvalue weighted by molar-refractivity contribution is -0.789. The van der Waals surface area contributed by atoms with Crippen molar-refractivity contribution in [1.29, 1.82) is 0 Å². The number of pyridine rings is 1. The summed E-state index contributed by atoms with van der Waals surface area (Å²) in [5.74, 6) is 0. The molecule has 0 aliphatic heterocycles. The first-order valence-electron chi connectivity index (χ1n) is 9.56. The second kappa shape index (κ2) is 6.66. The predicted molar refractivity (Wildman–Crippen MR) is 110 cm³/mol. The van der Waals surface area contributed by atoms with Crippen LogP contribution in [0.25, 0.3) is 27.7 Å². The van der Waals surface area contributed by atoms with E-state index in [1.165, 1.54) is 39.0 Å². The van der Waals surface area contributed by atoms with Gasteiger partial charge in [0.05, 0.1) is 12.4 Å². The maximum Gasteiger partial charge on any atom is 0.222 e. The topological polar surface area (TPSA) is 12.7 Å². The molecule has 4 rings (SSSR count). The molecule has 2 heterocycles. The molecule has 4 aromatic rings. The fourth-order valence-corrected chi connectivity index (χ4v) is 4.05. The molecule has 0 unspecified atom stereocenters. The minimum absolute atomic E-state index is 0.426. The zero-order valence-corrected chi connectivity index (χ0v) is 16.8. The molecule has 3 heteroatoms. The minimum atomic E-state index is 0.426. The SMILES string of the molecule is Cc1c(-c2cc[n+](C(C)C)n2C)cc2ccccc2c1-[n+]1ccccc1C. The number of hydrogen-bond donors (Lipinski definition) is 0. The first kappa shape index (κ1) is 17.5. The van der Waals surface area contributed by atoms with Gasteiger partial charge in [0, 0.05) is 36.2 Å². The van der Waals surface area contributed by atoms with Crippen LogP contribution in [-0.2, 0) is 7.05 Å². The van der Waals surface area contributed by atoms with Crippen molar-refractivity contribution in [3.05, 3.63) is 78.2 Å². The Morgan fingerprint density at radius 3 is 2.33 bits per heavy atom. The van der Waals surface area contributed by atoms with E-state index in [2.05, 4.69) is 116 Å². The number of aromatic nitrogens is 3. The van der Waals surface area contributed by atoms with Crippen LogP contribution < -0.4 is 9.25 Å². The zero-order chi connectivity index (χ0) is 19.1. The van der Waals surface area contributed by atoms with E-state index in [-0.39, 0.29) is 0 Å². The Labute approximate surface area is 161 Å². The molecule has 0 saturated heterocycles. The Kier molecular flexibility index (Phi) is 4.31. The summed E-state index contributed by atoms with van der Waals surface area (Å²) in [4.78, 5) is 0. The van der Waals surface area contributed by atoms with Crippen molar-refractivity contribution in [2.45, 2.75) is 33.7 Å². The van der Waals surface area contributed by atoms with Crippen LogP contribution in [0.2, 0.25) is 0 Å². The van der Waals surface area contributed by atoms with Gasteiger partial charge >= 0.3 is 0 Å². The molecule has 0 fully saturated rings. The number of rotatable bonds is 3. The highest BCUT2D eigenvalue weighted by atomic mass is 15.4. The van der Waals surface area contributed by atoms with Crippen LogP contribution in [0.3, 0.4) is 0 Å². The Bertz CT molecular complexity index is 1140. The van der Waals surface area contributed by atoms with Gasteiger partial charge in [0.2, 0.25) is 5.69 Å². The van der Waals surface area contributed by atoms with Crippen molar-refractivity contribution in [3.8, 4) is 16.9 Å². The number of hydrogen-bond acceptors (Lipinski definition) is 0. The van der Waals surface area contributed by atoms with Crippen LogP contribution >= 0.6 is 0 Å². The average molecular weight is 358 g/mol. The highest BCUT2D eigenvalue weighted by molar-refractivity contribution is 5.94. The van der Waals surface area contributed by atoms with E-state index < -0.39 is 0 Å². The number of fused-ring (bicyclic) bond motifs is 1. The molecule has 0 saturated carbocycles. The maximum atomic E-state index is 2.33. The van der Waals surface area contributed by atoms with Gasteiger partial charge in [-0.05, 0) is 38.3 Å². The fraction of sp³-hybridized carbons (Fsp3) is 0.250. The summed E-state index contributed by atoms with van der Waals surface area (Å²) in [6, 6.07) is 20.0. The molecule has 136 valence electrons. The average Bonchev–Trinajstić information content (AvgIpc) is 3.04. The highest BCUT2D eigenvalue weighted by Crippen LogP contribution is 2.32. The van der Waals surface area contributed by atoms with Gasteiger partial charge in [-0.3, -0.25) is 0 Å². The lowest BCUT2D eigenvalue weighted by Crippen LogP contribution is -2.43. The molecule has 0 aliphatic carbocycles. The number of aryl methyl sites for hydroxylation is 1. The molecular weight excluding hydrogens is 330 g/mol. The van der Waals surface area contributed by atoms with Crippen molar-refractivity contribution in [3.63, 3.8) is 0 Å².